The van der Waals surface area contributed by atoms with E-state index in [0.717, 1.165) is 5.56 Å². The third kappa shape index (κ3) is 2.76. The second-order valence-corrected chi connectivity index (χ2v) is 4.04. The van der Waals surface area contributed by atoms with Gasteiger partial charge in [-0.2, -0.15) is 0 Å². The van der Waals surface area contributed by atoms with E-state index in [1.54, 1.807) is 19.9 Å². The lowest BCUT2D eigenvalue weighted by Gasteiger charge is -2.08. The van der Waals surface area contributed by atoms with Crippen molar-refractivity contribution in [1.29, 1.82) is 0 Å². The molecule has 0 aliphatic carbocycles. The fraction of sp³-hybridized carbons (Fsp3) is 0.167. The Labute approximate surface area is 109 Å². The van der Waals surface area contributed by atoms with Crippen molar-refractivity contribution in [2.75, 3.05) is 5.73 Å². The van der Waals surface area contributed by atoms with Gasteiger partial charge in [0, 0.05) is 5.56 Å². The van der Waals surface area contributed by atoms with Crippen LogP contribution in [0.5, 0.6) is 11.6 Å². The molecule has 0 radical (unpaired) electrons. The number of aryl methyl sites for hydroxylation is 2. The van der Waals surface area contributed by atoms with Crippen molar-refractivity contribution in [2.45, 2.75) is 13.8 Å². The predicted molar refractivity (Wildman–Crippen MR) is 69.1 cm³/mol. The molecule has 0 bridgehead atoms. The molecule has 1 heterocycles. The second kappa shape index (κ2) is 4.89. The van der Waals surface area contributed by atoms with Crippen LogP contribution in [0, 0.1) is 24.0 Å². The highest BCUT2D eigenvalue weighted by molar-refractivity contribution is 5.50. The van der Waals surface area contributed by atoms with Crippen LogP contribution in [-0.4, -0.2) is 14.9 Å². The number of anilines is 1. The SMILES string of the molecule is Cc1cc(C)c([N+](=O)[O-])cc1Oc1cnc(N)cn1. The van der Waals surface area contributed by atoms with E-state index in [4.69, 9.17) is 10.5 Å². The highest BCUT2D eigenvalue weighted by Gasteiger charge is 2.15. The smallest absolute Gasteiger partial charge is 0.276 e. The van der Waals surface area contributed by atoms with Crippen molar-refractivity contribution < 1.29 is 9.66 Å². The van der Waals surface area contributed by atoms with Crippen LogP contribution in [0.15, 0.2) is 24.5 Å². The number of aromatic nitrogens is 2. The summed E-state index contributed by atoms with van der Waals surface area (Å²) in [6.07, 6.45) is 2.72. The number of benzene rings is 1. The molecule has 19 heavy (non-hydrogen) atoms. The van der Waals surface area contributed by atoms with E-state index in [-0.39, 0.29) is 17.4 Å². The topological polar surface area (TPSA) is 104 Å². The molecule has 2 N–H and O–H groups in total. The predicted octanol–water partition coefficient (Wildman–Crippen LogP) is 2.38. The normalized spacial score (nSPS) is 10.2. The van der Waals surface area contributed by atoms with Crippen molar-refractivity contribution >= 4 is 11.5 Å². The summed E-state index contributed by atoms with van der Waals surface area (Å²) in [6, 6.07) is 3.07. The van der Waals surface area contributed by atoms with Crippen molar-refractivity contribution in [2.24, 2.45) is 0 Å². The first-order chi connectivity index (χ1) is 8.97. The van der Waals surface area contributed by atoms with Crippen LogP contribution >= 0.6 is 0 Å². The molecule has 2 aromatic rings. The van der Waals surface area contributed by atoms with Gasteiger partial charge >= 0.3 is 0 Å². The lowest BCUT2D eigenvalue weighted by atomic mass is 10.1. The van der Waals surface area contributed by atoms with Crippen molar-refractivity contribution in [1.82, 2.24) is 9.97 Å². The Morgan fingerprint density at radius 3 is 2.53 bits per heavy atom. The Balaban J connectivity index is 2.37. The Kier molecular flexibility index (Phi) is 3.28. The van der Waals surface area contributed by atoms with Gasteiger partial charge in [-0.25, -0.2) is 9.97 Å². The zero-order valence-electron chi connectivity index (χ0n) is 10.5. The van der Waals surface area contributed by atoms with Crippen molar-refractivity contribution in [3.63, 3.8) is 0 Å². The Hall–Kier alpha value is -2.70. The molecule has 7 nitrogen and oxygen atoms in total. The molecule has 1 aromatic carbocycles. The highest BCUT2D eigenvalue weighted by Crippen LogP contribution is 2.30. The first kappa shape index (κ1) is 12.7. The monoisotopic (exact) mass is 260 g/mol. The number of nitro groups is 1. The highest BCUT2D eigenvalue weighted by atomic mass is 16.6. The maximum Gasteiger partial charge on any atom is 0.276 e. The molecular formula is C12H12N4O3. The minimum atomic E-state index is -0.448. The number of hydrogen-bond acceptors (Lipinski definition) is 6. The molecule has 0 amide bonds. The second-order valence-electron chi connectivity index (χ2n) is 4.04. The number of rotatable bonds is 3. The number of nitrogens with zero attached hydrogens (tertiary/aromatic N) is 3. The van der Waals surface area contributed by atoms with E-state index in [2.05, 4.69) is 9.97 Å². The number of ether oxygens (including phenoxy) is 1. The van der Waals surface area contributed by atoms with E-state index < -0.39 is 4.92 Å². The molecule has 0 spiro atoms. The summed E-state index contributed by atoms with van der Waals surface area (Å²) in [5, 5.41) is 10.9. The summed E-state index contributed by atoms with van der Waals surface area (Å²) in [6.45, 7) is 3.48. The summed E-state index contributed by atoms with van der Waals surface area (Å²) in [4.78, 5) is 18.2. The fourth-order valence-corrected chi connectivity index (χ4v) is 1.62. The molecule has 0 aliphatic rings. The lowest BCUT2D eigenvalue weighted by Crippen LogP contribution is -1.97. The molecule has 0 aliphatic heterocycles. The van der Waals surface area contributed by atoms with Crippen molar-refractivity contribution in [3.8, 4) is 11.6 Å². The molecule has 0 saturated carbocycles. The van der Waals surface area contributed by atoms with Gasteiger partial charge in [0.15, 0.2) is 0 Å². The van der Waals surface area contributed by atoms with Crippen LogP contribution in [0.4, 0.5) is 11.5 Å². The van der Waals surface area contributed by atoms with Gasteiger partial charge in [-0.15, -0.1) is 0 Å². The Morgan fingerprint density at radius 1 is 1.21 bits per heavy atom. The molecule has 0 unspecified atom stereocenters. The zero-order valence-corrected chi connectivity index (χ0v) is 10.5. The minimum absolute atomic E-state index is 0.00371. The van der Waals surface area contributed by atoms with Gasteiger partial charge in [0.25, 0.3) is 5.69 Å². The molecule has 0 saturated heterocycles. The van der Waals surface area contributed by atoms with Crippen LogP contribution in [0.2, 0.25) is 0 Å². The van der Waals surface area contributed by atoms with Crippen LogP contribution < -0.4 is 10.5 Å². The van der Waals surface area contributed by atoms with E-state index in [9.17, 15) is 10.1 Å². The fourth-order valence-electron chi connectivity index (χ4n) is 1.62. The van der Waals surface area contributed by atoms with Gasteiger partial charge in [0.05, 0.1) is 23.4 Å². The van der Waals surface area contributed by atoms with Crippen LogP contribution in [0.3, 0.4) is 0 Å². The van der Waals surface area contributed by atoms with Crippen LogP contribution in [0.25, 0.3) is 0 Å². The largest absolute Gasteiger partial charge is 0.437 e. The summed E-state index contributed by atoms with van der Waals surface area (Å²) < 4.78 is 5.48. The molecule has 2 rings (SSSR count). The van der Waals surface area contributed by atoms with E-state index in [1.165, 1.54) is 18.5 Å². The summed E-state index contributed by atoms with van der Waals surface area (Å²) >= 11 is 0. The molecule has 7 heteroatoms. The van der Waals surface area contributed by atoms with Gasteiger partial charge in [-0.05, 0) is 25.5 Å². The summed E-state index contributed by atoms with van der Waals surface area (Å²) in [5.41, 5.74) is 6.78. The average Bonchev–Trinajstić information content (AvgIpc) is 2.34. The zero-order chi connectivity index (χ0) is 14.0. The summed E-state index contributed by atoms with van der Waals surface area (Å²) in [7, 11) is 0. The minimum Gasteiger partial charge on any atom is -0.437 e. The number of hydrogen-bond donors (Lipinski definition) is 1. The van der Waals surface area contributed by atoms with Gasteiger partial charge < -0.3 is 10.5 Å². The first-order valence-electron chi connectivity index (χ1n) is 5.48. The van der Waals surface area contributed by atoms with Gasteiger partial charge in [-0.1, -0.05) is 0 Å². The summed E-state index contributed by atoms with van der Waals surface area (Å²) in [5.74, 6) is 0.880. The molecule has 0 atom stereocenters. The Morgan fingerprint density at radius 2 is 1.95 bits per heavy atom. The van der Waals surface area contributed by atoms with E-state index in [1.807, 2.05) is 0 Å². The van der Waals surface area contributed by atoms with Gasteiger partial charge in [-0.3, -0.25) is 10.1 Å². The lowest BCUT2D eigenvalue weighted by molar-refractivity contribution is -0.385. The van der Waals surface area contributed by atoms with Crippen LogP contribution in [-0.2, 0) is 0 Å². The Bertz CT molecular complexity index is 626. The van der Waals surface area contributed by atoms with Crippen LogP contribution in [0.1, 0.15) is 11.1 Å². The number of nitro benzene ring substituents is 1. The van der Waals surface area contributed by atoms with E-state index >= 15 is 0 Å². The van der Waals surface area contributed by atoms with E-state index in [0.29, 0.717) is 11.3 Å². The molecular weight excluding hydrogens is 248 g/mol. The molecule has 98 valence electrons. The third-order valence-electron chi connectivity index (χ3n) is 2.55. The van der Waals surface area contributed by atoms with Gasteiger partial charge in [0.2, 0.25) is 5.88 Å². The van der Waals surface area contributed by atoms with Gasteiger partial charge in [0.1, 0.15) is 11.6 Å². The molecule has 1 aromatic heterocycles. The maximum absolute atomic E-state index is 10.9. The quantitative estimate of drug-likeness (QED) is 0.671. The number of nitrogens with two attached hydrogens (primary N) is 1. The maximum atomic E-state index is 10.9. The van der Waals surface area contributed by atoms with Crippen molar-refractivity contribution in [3.05, 3.63) is 45.8 Å². The molecule has 0 fully saturated rings. The third-order valence-corrected chi connectivity index (χ3v) is 2.55. The number of nitrogen functional groups attached to an aromatic ring is 1. The first-order valence-corrected chi connectivity index (χ1v) is 5.48. The standard InChI is InChI=1S/C12H12N4O3/c1-7-3-8(2)10(4-9(7)16(17)18)19-12-6-14-11(13)5-15-12/h3-6H,1-2H3,(H2,13,14). The average molecular weight is 260 g/mol.